The molecule has 2 heteroatoms. The number of benzene rings is 1. The summed E-state index contributed by atoms with van der Waals surface area (Å²) in [5, 5.41) is 0. The van der Waals surface area contributed by atoms with Gasteiger partial charge in [-0.15, -0.1) is 0 Å². The summed E-state index contributed by atoms with van der Waals surface area (Å²) in [6.07, 6.45) is 5.44. The Morgan fingerprint density at radius 1 is 0.833 bits per heavy atom. The quantitative estimate of drug-likeness (QED) is 0.785. The van der Waals surface area contributed by atoms with Crippen molar-refractivity contribution in [1.29, 1.82) is 0 Å². The van der Waals surface area contributed by atoms with Crippen LogP contribution in [0.1, 0.15) is 32.6 Å². The lowest BCUT2D eigenvalue weighted by atomic mass is 10.00. The summed E-state index contributed by atoms with van der Waals surface area (Å²) in [7, 11) is 0. The van der Waals surface area contributed by atoms with Crippen molar-refractivity contribution in [2.75, 3.05) is 36.0 Å². The van der Waals surface area contributed by atoms with E-state index in [0.717, 1.165) is 5.92 Å². The summed E-state index contributed by atoms with van der Waals surface area (Å²) in [5.41, 5.74) is 2.81. The Labute approximate surface area is 111 Å². The fraction of sp³-hybridized carbons (Fsp3) is 0.625. The Hall–Kier alpha value is -1.18. The van der Waals surface area contributed by atoms with Crippen molar-refractivity contribution in [3.05, 3.63) is 24.3 Å². The number of nitrogens with zero attached hydrogens (tertiary/aromatic N) is 2. The topological polar surface area (TPSA) is 6.48 Å². The molecule has 0 spiro atoms. The van der Waals surface area contributed by atoms with Crippen LogP contribution >= 0.6 is 0 Å². The van der Waals surface area contributed by atoms with Crippen LogP contribution in [0.3, 0.4) is 0 Å². The molecule has 1 atom stereocenters. The fourth-order valence-electron chi connectivity index (χ4n) is 3.27. The molecule has 2 heterocycles. The molecule has 0 aromatic heterocycles. The van der Waals surface area contributed by atoms with Crippen molar-refractivity contribution in [3.8, 4) is 0 Å². The molecule has 98 valence electrons. The molecule has 1 aromatic rings. The third-order valence-corrected chi connectivity index (χ3v) is 4.34. The van der Waals surface area contributed by atoms with E-state index in [9.17, 15) is 0 Å². The molecule has 1 aromatic carbocycles. The average molecular weight is 244 g/mol. The summed E-state index contributed by atoms with van der Waals surface area (Å²) in [6.45, 7) is 7.29. The lowest BCUT2D eigenvalue weighted by molar-refractivity contribution is 0.447. The molecule has 0 bridgehead atoms. The van der Waals surface area contributed by atoms with E-state index in [2.05, 4.69) is 41.0 Å². The summed E-state index contributed by atoms with van der Waals surface area (Å²) in [5.74, 6) is 0.844. The zero-order valence-electron chi connectivity index (χ0n) is 11.4. The van der Waals surface area contributed by atoms with Crippen LogP contribution in [-0.2, 0) is 0 Å². The molecule has 2 aliphatic rings. The average Bonchev–Trinajstić information content (AvgIpc) is 2.93. The van der Waals surface area contributed by atoms with Crippen molar-refractivity contribution in [1.82, 2.24) is 0 Å². The summed E-state index contributed by atoms with van der Waals surface area (Å²) in [6, 6.07) is 9.23. The Balaban J connectivity index is 1.70. The lowest BCUT2D eigenvalue weighted by Gasteiger charge is -2.33. The smallest absolute Gasteiger partial charge is 0.0367 e. The van der Waals surface area contributed by atoms with Gasteiger partial charge in [0.1, 0.15) is 0 Å². The van der Waals surface area contributed by atoms with Gasteiger partial charge in [0.15, 0.2) is 0 Å². The van der Waals surface area contributed by atoms with Gasteiger partial charge in [0, 0.05) is 37.6 Å². The van der Waals surface area contributed by atoms with Crippen molar-refractivity contribution >= 4 is 11.4 Å². The second kappa shape index (κ2) is 5.21. The Morgan fingerprint density at radius 3 is 2.00 bits per heavy atom. The molecular formula is C16H24N2. The zero-order valence-corrected chi connectivity index (χ0v) is 11.4. The van der Waals surface area contributed by atoms with E-state index in [1.165, 1.54) is 63.2 Å². The molecule has 1 unspecified atom stereocenters. The molecule has 2 saturated heterocycles. The Kier molecular flexibility index (Phi) is 3.44. The molecule has 18 heavy (non-hydrogen) atoms. The first-order chi connectivity index (χ1) is 8.83. The van der Waals surface area contributed by atoms with Gasteiger partial charge in [-0.25, -0.2) is 0 Å². The van der Waals surface area contributed by atoms with E-state index in [1.807, 2.05) is 0 Å². The van der Waals surface area contributed by atoms with Crippen LogP contribution in [0.5, 0.6) is 0 Å². The molecule has 0 N–H and O–H groups in total. The highest BCUT2D eigenvalue weighted by Gasteiger charge is 2.17. The highest BCUT2D eigenvalue weighted by atomic mass is 15.2. The van der Waals surface area contributed by atoms with Crippen molar-refractivity contribution in [3.63, 3.8) is 0 Å². The van der Waals surface area contributed by atoms with Crippen LogP contribution in [0.25, 0.3) is 0 Å². The summed E-state index contributed by atoms with van der Waals surface area (Å²) < 4.78 is 0. The van der Waals surface area contributed by atoms with Gasteiger partial charge in [-0.2, -0.15) is 0 Å². The van der Waals surface area contributed by atoms with E-state index in [0.29, 0.717) is 0 Å². The number of piperidine rings is 1. The van der Waals surface area contributed by atoms with Crippen molar-refractivity contribution < 1.29 is 0 Å². The molecular weight excluding hydrogens is 220 g/mol. The number of hydrogen-bond acceptors (Lipinski definition) is 2. The second-order valence-electron chi connectivity index (χ2n) is 5.90. The summed E-state index contributed by atoms with van der Waals surface area (Å²) in [4.78, 5) is 5.05. The van der Waals surface area contributed by atoms with E-state index >= 15 is 0 Å². The largest absolute Gasteiger partial charge is 0.372 e. The second-order valence-corrected chi connectivity index (χ2v) is 5.90. The molecule has 0 radical (unpaired) electrons. The van der Waals surface area contributed by atoms with E-state index < -0.39 is 0 Å². The molecule has 2 nitrogen and oxygen atoms in total. The van der Waals surface area contributed by atoms with Crippen LogP contribution < -0.4 is 9.80 Å². The van der Waals surface area contributed by atoms with Gasteiger partial charge in [-0.05, 0) is 55.9 Å². The van der Waals surface area contributed by atoms with Gasteiger partial charge in [0.25, 0.3) is 0 Å². The van der Waals surface area contributed by atoms with Crippen LogP contribution in [0, 0.1) is 5.92 Å². The first kappa shape index (κ1) is 11.9. The third-order valence-electron chi connectivity index (χ3n) is 4.34. The SMILES string of the molecule is CC1CCCN(c2ccc(N3CCCC3)cc2)C1. The lowest BCUT2D eigenvalue weighted by Crippen LogP contribution is -2.34. The molecule has 2 fully saturated rings. The highest BCUT2D eigenvalue weighted by Crippen LogP contribution is 2.26. The van der Waals surface area contributed by atoms with E-state index in [4.69, 9.17) is 0 Å². The van der Waals surface area contributed by atoms with Gasteiger partial charge in [-0.3, -0.25) is 0 Å². The van der Waals surface area contributed by atoms with Crippen LogP contribution in [0.2, 0.25) is 0 Å². The minimum absolute atomic E-state index is 0.844. The monoisotopic (exact) mass is 244 g/mol. The number of anilines is 2. The standard InChI is InChI=1S/C16H24N2/c1-14-5-4-12-18(13-14)16-8-6-15(7-9-16)17-10-2-3-11-17/h6-9,14H,2-5,10-13H2,1H3. The predicted molar refractivity (Wildman–Crippen MR) is 78.5 cm³/mol. The first-order valence-corrected chi connectivity index (χ1v) is 7.43. The first-order valence-electron chi connectivity index (χ1n) is 7.43. The van der Waals surface area contributed by atoms with Crippen LogP contribution in [0.15, 0.2) is 24.3 Å². The van der Waals surface area contributed by atoms with Crippen LogP contribution in [0.4, 0.5) is 11.4 Å². The maximum atomic E-state index is 2.54. The van der Waals surface area contributed by atoms with Gasteiger partial charge >= 0.3 is 0 Å². The minimum Gasteiger partial charge on any atom is -0.372 e. The maximum Gasteiger partial charge on any atom is 0.0367 e. The number of rotatable bonds is 2. The number of hydrogen-bond donors (Lipinski definition) is 0. The maximum absolute atomic E-state index is 2.54. The van der Waals surface area contributed by atoms with Gasteiger partial charge in [-0.1, -0.05) is 6.92 Å². The zero-order chi connectivity index (χ0) is 12.4. The van der Waals surface area contributed by atoms with Gasteiger partial charge < -0.3 is 9.80 Å². The van der Waals surface area contributed by atoms with Crippen molar-refractivity contribution in [2.45, 2.75) is 32.6 Å². The molecule has 0 saturated carbocycles. The Morgan fingerprint density at radius 2 is 1.39 bits per heavy atom. The third kappa shape index (κ3) is 2.47. The van der Waals surface area contributed by atoms with Gasteiger partial charge in [0.05, 0.1) is 0 Å². The van der Waals surface area contributed by atoms with Crippen molar-refractivity contribution in [2.24, 2.45) is 5.92 Å². The molecule has 3 rings (SSSR count). The normalized spacial score (nSPS) is 24.6. The minimum atomic E-state index is 0.844. The molecule has 2 aliphatic heterocycles. The molecule has 0 aliphatic carbocycles. The van der Waals surface area contributed by atoms with E-state index in [-0.39, 0.29) is 0 Å². The van der Waals surface area contributed by atoms with Gasteiger partial charge in [0.2, 0.25) is 0 Å². The fourth-order valence-corrected chi connectivity index (χ4v) is 3.27. The van der Waals surface area contributed by atoms with Crippen LogP contribution in [-0.4, -0.2) is 26.2 Å². The predicted octanol–water partition coefficient (Wildman–Crippen LogP) is 3.52. The summed E-state index contributed by atoms with van der Waals surface area (Å²) >= 11 is 0. The molecule has 0 amide bonds. The highest BCUT2D eigenvalue weighted by molar-refractivity contribution is 5.56. The Bertz CT molecular complexity index is 379. The van der Waals surface area contributed by atoms with E-state index in [1.54, 1.807) is 0 Å².